The van der Waals surface area contributed by atoms with Gasteiger partial charge in [-0.25, -0.2) is 0 Å². The van der Waals surface area contributed by atoms with Gasteiger partial charge in [0.05, 0.1) is 11.0 Å². The monoisotopic (exact) mass is 833 g/mol. The maximum Gasteiger partial charge on any atom is 0.179 e. The van der Waals surface area contributed by atoms with Gasteiger partial charge in [0.2, 0.25) is 0 Å². The van der Waals surface area contributed by atoms with Crippen LogP contribution < -0.4 is 41.5 Å². The number of fused-ring (bicyclic) bond motifs is 5. The van der Waals surface area contributed by atoms with Crippen LogP contribution in [0, 0.1) is 0 Å². The van der Waals surface area contributed by atoms with Gasteiger partial charge in [0.25, 0.3) is 0 Å². The van der Waals surface area contributed by atoms with Crippen LogP contribution in [0.15, 0.2) is 261 Å². The molecule has 10 aromatic carbocycles. The molecule has 0 saturated carbocycles. The number of hydrogen-bond donors (Lipinski definition) is 0. The van der Waals surface area contributed by atoms with Gasteiger partial charge in [0, 0.05) is 16.5 Å². The molecule has 1 aliphatic rings. The predicted octanol–water partition coefficient (Wildman–Crippen LogP) is 9.19. The van der Waals surface area contributed by atoms with Gasteiger partial charge in [-0.2, -0.15) is 0 Å². The smallest absolute Gasteiger partial charge is 0.179 e. The van der Waals surface area contributed by atoms with Crippen molar-refractivity contribution in [3.63, 3.8) is 0 Å². The standard InChI is InChI=1S/C60H43NSi2/c1-6-21-44(22-7-1)46-37-39-55-53(41-46)54-42-47(45-23-8-2-9-24-45)38-40-56(54)61(55)48-25-20-32-52(43-48)63(51-30-14-5-15-31-51)59-35-18-16-33-57(59)62(49-26-10-3-11-27-49,50-28-12-4-13-29-50)58-34-17-19-36-60(58)63/h1-43H. The van der Waals surface area contributed by atoms with Crippen LogP contribution in [0.2, 0.25) is 0 Å². The SMILES string of the molecule is c1ccc(-c2ccc3c(c2)c2cc(-c4ccccc4)ccc2n3-c2cccc([Si]3(c4ccccc4)c4ccccc4[Si](c4ccccc4)(c4ccccc4)c4ccccc43)c2)cc1. The fraction of sp³-hybridized carbons (Fsp3) is 0. The Bertz CT molecular complexity index is 3250. The van der Waals surface area contributed by atoms with E-state index in [-0.39, 0.29) is 0 Å². The Morgan fingerprint density at radius 3 is 0.968 bits per heavy atom. The van der Waals surface area contributed by atoms with Crippen molar-refractivity contribution in [1.82, 2.24) is 4.57 Å². The van der Waals surface area contributed by atoms with Crippen LogP contribution in [0.4, 0.5) is 0 Å². The Morgan fingerprint density at radius 1 is 0.238 bits per heavy atom. The van der Waals surface area contributed by atoms with Gasteiger partial charge >= 0.3 is 0 Å². The van der Waals surface area contributed by atoms with Crippen molar-refractivity contribution >= 4 is 79.4 Å². The van der Waals surface area contributed by atoms with Crippen molar-refractivity contribution in [3.05, 3.63) is 261 Å². The quantitative estimate of drug-likeness (QED) is 0.141. The minimum absolute atomic E-state index is 1.17. The molecule has 0 N–H and O–H groups in total. The van der Waals surface area contributed by atoms with Gasteiger partial charge in [0.15, 0.2) is 16.1 Å². The molecule has 0 unspecified atom stereocenters. The van der Waals surface area contributed by atoms with E-state index in [9.17, 15) is 0 Å². The zero-order chi connectivity index (χ0) is 41.8. The van der Waals surface area contributed by atoms with Crippen molar-refractivity contribution in [2.24, 2.45) is 0 Å². The molecule has 1 nitrogen and oxygen atoms in total. The van der Waals surface area contributed by atoms with Gasteiger partial charge < -0.3 is 4.57 Å². The topological polar surface area (TPSA) is 4.93 Å². The number of aromatic nitrogens is 1. The molecule has 63 heavy (non-hydrogen) atoms. The molecule has 0 bridgehead atoms. The highest BCUT2D eigenvalue weighted by atomic mass is 28.3. The molecule has 0 amide bonds. The molecule has 0 saturated heterocycles. The highest BCUT2D eigenvalue weighted by Gasteiger charge is 2.56. The van der Waals surface area contributed by atoms with Gasteiger partial charge in [-0.15, -0.1) is 0 Å². The first kappa shape index (κ1) is 37.2. The summed E-state index contributed by atoms with van der Waals surface area (Å²) in [6.45, 7) is 0. The highest BCUT2D eigenvalue weighted by Crippen LogP contribution is 2.37. The Kier molecular flexibility index (Phi) is 8.92. The molecule has 296 valence electrons. The molecule has 12 rings (SSSR count). The molecule has 0 spiro atoms. The Hall–Kier alpha value is -7.57. The lowest BCUT2D eigenvalue weighted by atomic mass is 10.0. The fourth-order valence-electron chi connectivity index (χ4n) is 11.0. The van der Waals surface area contributed by atoms with Crippen LogP contribution in [0.25, 0.3) is 49.7 Å². The van der Waals surface area contributed by atoms with E-state index in [0.717, 1.165) is 0 Å². The second-order valence-electron chi connectivity index (χ2n) is 16.8. The Balaban J connectivity index is 1.16. The molecular weight excluding hydrogens is 791 g/mol. The van der Waals surface area contributed by atoms with Crippen LogP contribution >= 0.6 is 0 Å². The summed E-state index contributed by atoms with van der Waals surface area (Å²) in [7, 11) is -5.80. The van der Waals surface area contributed by atoms with Gasteiger partial charge in [-0.05, 0) is 100 Å². The zero-order valence-electron chi connectivity index (χ0n) is 34.8. The average molecular weight is 834 g/mol. The van der Waals surface area contributed by atoms with E-state index in [1.54, 1.807) is 0 Å². The maximum absolute atomic E-state index is 2.99. The highest BCUT2D eigenvalue weighted by molar-refractivity contribution is 7.32. The molecule has 0 aliphatic carbocycles. The van der Waals surface area contributed by atoms with Crippen LogP contribution in [-0.4, -0.2) is 20.7 Å². The summed E-state index contributed by atoms with van der Waals surface area (Å²) in [5.74, 6) is 0. The third kappa shape index (κ3) is 5.67. The molecular formula is C60H43NSi2. The summed E-state index contributed by atoms with van der Waals surface area (Å²) in [4.78, 5) is 0. The van der Waals surface area contributed by atoms with Crippen LogP contribution in [0.3, 0.4) is 0 Å². The lowest BCUT2D eigenvalue weighted by Crippen LogP contribution is -2.93. The minimum atomic E-state index is -2.99. The summed E-state index contributed by atoms with van der Waals surface area (Å²) < 4.78 is 2.51. The molecule has 0 atom stereocenters. The first-order valence-corrected chi connectivity index (χ1v) is 25.9. The van der Waals surface area contributed by atoms with E-state index in [1.165, 1.54) is 91.2 Å². The third-order valence-corrected chi connectivity index (χ3v) is 23.9. The maximum atomic E-state index is 2.54. The second kappa shape index (κ2) is 15.1. The molecule has 0 radical (unpaired) electrons. The number of hydrogen-bond acceptors (Lipinski definition) is 0. The van der Waals surface area contributed by atoms with Crippen molar-refractivity contribution < 1.29 is 0 Å². The number of nitrogens with zero attached hydrogens (tertiary/aromatic N) is 1. The molecule has 1 aliphatic heterocycles. The normalized spacial score (nSPS) is 13.7. The lowest BCUT2D eigenvalue weighted by molar-refractivity contribution is 1.18. The first-order valence-electron chi connectivity index (χ1n) is 21.9. The van der Waals surface area contributed by atoms with Gasteiger partial charge in [0.1, 0.15) is 0 Å². The van der Waals surface area contributed by atoms with Crippen LogP contribution in [0.1, 0.15) is 0 Å². The van der Waals surface area contributed by atoms with E-state index < -0.39 is 16.1 Å². The minimum Gasteiger partial charge on any atom is -0.309 e. The van der Waals surface area contributed by atoms with E-state index >= 15 is 0 Å². The molecule has 3 heteroatoms. The molecule has 0 fully saturated rings. The lowest BCUT2D eigenvalue weighted by Gasteiger charge is -2.48. The van der Waals surface area contributed by atoms with E-state index in [1.807, 2.05) is 0 Å². The molecule has 2 heterocycles. The van der Waals surface area contributed by atoms with Gasteiger partial charge in [-0.3, -0.25) is 0 Å². The Labute approximate surface area is 370 Å². The summed E-state index contributed by atoms with van der Waals surface area (Å²) in [6, 6.07) is 98.5. The van der Waals surface area contributed by atoms with Crippen LogP contribution in [0.5, 0.6) is 0 Å². The number of rotatable bonds is 7. The zero-order valence-corrected chi connectivity index (χ0v) is 36.8. The van der Waals surface area contributed by atoms with E-state index in [4.69, 9.17) is 0 Å². The predicted molar refractivity (Wildman–Crippen MR) is 272 cm³/mol. The van der Waals surface area contributed by atoms with E-state index in [0.29, 0.717) is 0 Å². The summed E-state index contributed by atoms with van der Waals surface area (Å²) in [5.41, 5.74) is 8.45. The van der Waals surface area contributed by atoms with E-state index in [2.05, 4.69) is 265 Å². The summed E-state index contributed by atoms with van der Waals surface area (Å²) in [5, 5.41) is 14.0. The number of benzene rings is 10. The average Bonchev–Trinajstić information content (AvgIpc) is 3.70. The Morgan fingerprint density at radius 2 is 0.571 bits per heavy atom. The van der Waals surface area contributed by atoms with Crippen LogP contribution in [-0.2, 0) is 0 Å². The largest absolute Gasteiger partial charge is 0.309 e. The van der Waals surface area contributed by atoms with Gasteiger partial charge in [-0.1, -0.05) is 224 Å². The third-order valence-electron chi connectivity index (χ3n) is 13.6. The van der Waals surface area contributed by atoms with Crippen molar-refractivity contribution in [2.45, 2.75) is 0 Å². The second-order valence-corrected chi connectivity index (χ2v) is 24.2. The van der Waals surface area contributed by atoms with Crippen molar-refractivity contribution in [1.29, 1.82) is 0 Å². The molecule has 1 aromatic heterocycles. The molecule has 11 aromatic rings. The fourth-order valence-corrected chi connectivity index (χ4v) is 23.1. The summed E-state index contributed by atoms with van der Waals surface area (Å²) in [6.07, 6.45) is 0. The van der Waals surface area contributed by atoms with Crippen molar-refractivity contribution in [3.8, 4) is 27.9 Å². The summed E-state index contributed by atoms with van der Waals surface area (Å²) >= 11 is 0. The first-order chi connectivity index (χ1) is 31.3. The van der Waals surface area contributed by atoms with Crippen molar-refractivity contribution in [2.75, 3.05) is 0 Å².